The van der Waals surface area contributed by atoms with Gasteiger partial charge in [-0.1, -0.05) is 19.1 Å². The quantitative estimate of drug-likeness (QED) is 0.857. The number of nitrogens with one attached hydrogen (secondary N) is 1. The Labute approximate surface area is 149 Å². The number of anilines is 1. The number of carbonyl (C=O) groups excluding carboxylic acids is 1. The number of likely N-dealkylation sites (N-methyl/N-ethyl adjacent to an activating group) is 1. The van der Waals surface area contributed by atoms with Crippen LogP contribution < -0.4 is 5.32 Å². The van der Waals surface area contributed by atoms with E-state index in [1.807, 2.05) is 0 Å². The van der Waals surface area contributed by atoms with E-state index >= 15 is 0 Å². The number of rotatable bonds is 5. The van der Waals surface area contributed by atoms with E-state index in [4.69, 9.17) is 0 Å². The van der Waals surface area contributed by atoms with Crippen molar-refractivity contribution in [2.75, 3.05) is 18.4 Å². The van der Waals surface area contributed by atoms with Crippen LogP contribution in [0.15, 0.2) is 24.3 Å². The lowest BCUT2D eigenvalue weighted by Crippen LogP contribution is -2.29. The van der Waals surface area contributed by atoms with Gasteiger partial charge in [-0.05, 0) is 36.2 Å². The molecule has 0 radical (unpaired) electrons. The second-order valence-electron chi connectivity index (χ2n) is 5.98. The number of hydrogen-bond donors (Lipinski definition) is 2. The Morgan fingerprint density at radius 2 is 2.04 bits per heavy atom. The molecule has 1 aromatic heterocycles. The Hall–Kier alpha value is -2.25. The minimum Gasteiger partial charge on any atom is -0.478 e. The number of aromatic carboxylic acids is 1. The van der Waals surface area contributed by atoms with Gasteiger partial charge in [0.05, 0.1) is 12.0 Å². The van der Waals surface area contributed by atoms with Crippen LogP contribution in [0, 0.1) is 5.82 Å². The molecule has 5 nitrogen and oxygen atoms in total. The maximum absolute atomic E-state index is 12.9. The maximum Gasteiger partial charge on any atom is 0.339 e. The van der Waals surface area contributed by atoms with Gasteiger partial charge in [-0.2, -0.15) is 0 Å². The predicted octanol–water partition coefficient (Wildman–Crippen LogP) is 3.14. The van der Waals surface area contributed by atoms with Gasteiger partial charge >= 0.3 is 5.97 Å². The number of halogens is 1. The van der Waals surface area contributed by atoms with Crippen molar-refractivity contribution in [2.45, 2.75) is 26.3 Å². The van der Waals surface area contributed by atoms with Crippen molar-refractivity contribution in [3.05, 3.63) is 51.7 Å². The standard InChI is InChI=1S/C18H19FN2O3S/c1-2-21-8-7-13-14(10-21)25-17(16(13)18(23)24)20-15(22)9-11-3-5-12(19)6-4-11/h3-6H,2,7-10H2,1H3,(H,20,22)(H,23,24). The zero-order chi connectivity index (χ0) is 18.0. The van der Waals surface area contributed by atoms with Crippen LogP contribution in [0.4, 0.5) is 9.39 Å². The summed E-state index contributed by atoms with van der Waals surface area (Å²) >= 11 is 1.34. The van der Waals surface area contributed by atoms with E-state index in [9.17, 15) is 19.1 Å². The summed E-state index contributed by atoms with van der Waals surface area (Å²) in [5, 5.41) is 12.7. The highest BCUT2D eigenvalue weighted by molar-refractivity contribution is 7.17. The van der Waals surface area contributed by atoms with Gasteiger partial charge in [-0.3, -0.25) is 9.69 Å². The van der Waals surface area contributed by atoms with Crippen LogP contribution in [-0.4, -0.2) is 35.0 Å². The normalized spacial score (nSPS) is 14.2. The summed E-state index contributed by atoms with van der Waals surface area (Å²) in [4.78, 5) is 27.2. The molecule has 3 rings (SSSR count). The molecule has 0 fully saturated rings. The second kappa shape index (κ2) is 7.33. The number of benzene rings is 1. The lowest BCUT2D eigenvalue weighted by Gasteiger charge is -2.25. The summed E-state index contributed by atoms with van der Waals surface area (Å²) in [5.41, 5.74) is 1.72. The first-order valence-electron chi connectivity index (χ1n) is 8.12. The molecule has 2 N–H and O–H groups in total. The molecule has 1 amide bonds. The van der Waals surface area contributed by atoms with Crippen LogP contribution in [-0.2, 0) is 24.2 Å². The minimum atomic E-state index is -1.01. The largest absolute Gasteiger partial charge is 0.478 e. The van der Waals surface area contributed by atoms with Crippen molar-refractivity contribution in [3.63, 3.8) is 0 Å². The van der Waals surface area contributed by atoms with Gasteiger partial charge in [-0.15, -0.1) is 11.3 Å². The van der Waals surface area contributed by atoms with Gasteiger partial charge < -0.3 is 10.4 Å². The number of hydrogen-bond acceptors (Lipinski definition) is 4. The number of carbonyl (C=O) groups is 2. The van der Waals surface area contributed by atoms with Gasteiger partial charge in [0.1, 0.15) is 10.8 Å². The zero-order valence-corrected chi connectivity index (χ0v) is 14.7. The van der Waals surface area contributed by atoms with Crippen LogP contribution in [0.2, 0.25) is 0 Å². The monoisotopic (exact) mass is 362 g/mol. The third-order valence-corrected chi connectivity index (χ3v) is 5.46. The lowest BCUT2D eigenvalue weighted by atomic mass is 10.0. The van der Waals surface area contributed by atoms with Crippen molar-refractivity contribution < 1.29 is 19.1 Å². The van der Waals surface area contributed by atoms with E-state index in [0.717, 1.165) is 23.5 Å². The van der Waals surface area contributed by atoms with Crippen molar-refractivity contribution >= 4 is 28.2 Å². The molecule has 1 aliphatic rings. The Morgan fingerprint density at radius 1 is 1.32 bits per heavy atom. The van der Waals surface area contributed by atoms with E-state index in [1.54, 1.807) is 12.1 Å². The SMILES string of the molecule is CCN1CCc2c(sc(NC(=O)Cc3ccc(F)cc3)c2C(=O)O)C1. The Kier molecular flexibility index (Phi) is 5.15. The van der Waals surface area contributed by atoms with E-state index < -0.39 is 5.97 Å². The molecule has 132 valence electrons. The van der Waals surface area contributed by atoms with E-state index in [-0.39, 0.29) is 23.7 Å². The van der Waals surface area contributed by atoms with E-state index in [1.165, 1.54) is 23.5 Å². The first kappa shape index (κ1) is 17.6. The number of amides is 1. The molecule has 0 aliphatic carbocycles. The topological polar surface area (TPSA) is 69.6 Å². The van der Waals surface area contributed by atoms with Gasteiger partial charge in [0, 0.05) is 18.0 Å². The van der Waals surface area contributed by atoms with Gasteiger partial charge in [0.25, 0.3) is 0 Å². The Bertz CT molecular complexity index is 801. The highest BCUT2D eigenvalue weighted by Gasteiger charge is 2.28. The number of thiophene rings is 1. The molecule has 25 heavy (non-hydrogen) atoms. The molecule has 0 bridgehead atoms. The number of fused-ring (bicyclic) bond motifs is 1. The van der Waals surface area contributed by atoms with Crippen LogP contribution in [0.5, 0.6) is 0 Å². The molecule has 7 heteroatoms. The predicted molar refractivity (Wildman–Crippen MR) is 94.7 cm³/mol. The molecule has 2 heterocycles. The summed E-state index contributed by atoms with van der Waals surface area (Å²) in [6, 6.07) is 5.69. The number of carboxylic acids is 1. The third-order valence-electron chi connectivity index (χ3n) is 4.33. The molecular formula is C18H19FN2O3S. The fourth-order valence-corrected chi connectivity index (χ4v) is 4.30. The Balaban J connectivity index is 1.79. The van der Waals surface area contributed by atoms with Gasteiger partial charge in [-0.25, -0.2) is 9.18 Å². The highest BCUT2D eigenvalue weighted by Crippen LogP contribution is 2.37. The Morgan fingerprint density at radius 3 is 2.68 bits per heavy atom. The molecule has 1 aliphatic heterocycles. The summed E-state index contributed by atoms with van der Waals surface area (Å²) < 4.78 is 12.9. The van der Waals surface area contributed by atoms with Crippen LogP contribution in [0.3, 0.4) is 0 Å². The molecule has 0 saturated heterocycles. The first-order chi connectivity index (χ1) is 12.0. The van der Waals surface area contributed by atoms with Crippen molar-refractivity contribution in [1.29, 1.82) is 0 Å². The summed E-state index contributed by atoms with van der Waals surface area (Å²) in [7, 11) is 0. The molecular weight excluding hydrogens is 343 g/mol. The molecule has 0 atom stereocenters. The van der Waals surface area contributed by atoms with Crippen molar-refractivity contribution in [1.82, 2.24) is 4.90 Å². The number of carboxylic acid groups (broad SMARTS) is 1. The van der Waals surface area contributed by atoms with Crippen molar-refractivity contribution in [3.8, 4) is 0 Å². The average molecular weight is 362 g/mol. The smallest absolute Gasteiger partial charge is 0.339 e. The third kappa shape index (κ3) is 3.88. The maximum atomic E-state index is 12.9. The van der Waals surface area contributed by atoms with Crippen LogP contribution in [0.1, 0.15) is 33.3 Å². The van der Waals surface area contributed by atoms with Crippen LogP contribution >= 0.6 is 11.3 Å². The van der Waals surface area contributed by atoms with Crippen LogP contribution in [0.25, 0.3) is 0 Å². The summed E-state index contributed by atoms with van der Waals surface area (Å²) in [5.74, 6) is -1.68. The first-order valence-corrected chi connectivity index (χ1v) is 8.94. The summed E-state index contributed by atoms with van der Waals surface area (Å²) in [6.45, 7) is 4.52. The van der Waals surface area contributed by atoms with Gasteiger partial charge in [0.2, 0.25) is 5.91 Å². The highest BCUT2D eigenvalue weighted by atomic mass is 32.1. The van der Waals surface area contributed by atoms with Gasteiger partial charge in [0.15, 0.2) is 0 Å². The summed E-state index contributed by atoms with van der Waals surface area (Å²) in [6.07, 6.45) is 0.748. The van der Waals surface area contributed by atoms with Crippen molar-refractivity contribution in [2.24, 2.45) is 0 Å². The average Bonchev–Trinajstić information content (AvgIpc) is 2.93. The fourth-order valence-electron chi connectivity index (χ4n) is 3.00. The molecule has 0 saturated carbocycles. The molecule has 2 aromatic rings. The minimum absolute atomic E-state index is 0.0724. The lowest BCUT2D eigenvalue weighted by molar-refractivity contribution is -0.115. The zero-order valence-electron chi connectivity index (χ0n) is 13.8. The number of nitrogens with zero attached hydrogens (tertiary/aromatic N) is 1. The molecule has 0 spiro atoms. The molecule has 1 aromatic carbocycles. The second-order valence-corrected chi connectivity index (χ2v) is 7.09. The molecule has 0 unspecified atom stereocenters. The van der Waals surface area contributed by atoms with E-state index in [0.29, 0.717) is 23.5 Å². The van der Waals surface area contributed by atoms with E-state index in [2.05, 4.69) is 17.1 Å². The fraction of sp³-hybridized carbons (Fsp3) is 0.333.